The van der Waals surface area contributed by atoms with Gasteiger partial charge in [0.25, 0.3) is 0 Å². The van der Waals surface area contributed by atoms with E-state index in [1.165, 1.54) is 0 Å². The van der Waals surface area contributed by atoms with E-state index < -0.39 is 0 Å². The predicted molar refractivity (Wildman–Crippen MR) is 110 cm³/mol. The van der Waals surface area contributed by atoms with Crippen LogP contribution in [0, 0.1) is 0 Å². The molecule has 1 saturated heterocycles. The maximum atomic E-state index is 12.8. The molecule has 0 radical (unpaired) electrons. The van der Waals surface area contributed by atoms with Gasteiger partial charge in [0.1, 0.15) is 11.5 Å². The molecule has 0 atom stereocenters. The zero-order valence-electron chi connectivity index (χ0n) is 15.8. The summed E-state index contributed by atoms with van der Waals surface area (Å²) in [5.41, 5.74) is 1.96. The summed E-state index contributed by atoms with van der Waals surface area (Å²) in [5, 5.41) is 11.0. The Labute approximate surface area is 169 Å². The smallest absolute Gasteiger partial charge is 0.231 e. The molecular formula is C22H23ClN2O3. The fraction of sp³-hybridized carbons (Fsp3) is 0.318. The summed E-state index contributed by atoms with van der Waals surface area (Å²) >= 11 is 6.03. The van der Waals surface area contributed by atoms with Gasteiger partial charge in [0.05, 0.1) is 11.1 Å². The van der Waals surface area contributed by atoms with Crippen LogP contribution in [-0.4, -0.2) is 53.4 Å². The first-order valence-corrected chi connectivity index (χ1v) is 9.92. The Hall–Kier alpha value is -2.34. The number of allylic oxidation sites excluding steroid dienone is 1. The number of hydrogen-bond acceptors (Lipinski definition) is 5. The van der Waals surface area contributed by atoms with E-state index in [1.54, 1.807) is 30.3 Å². The van der Waals surface area contributed by atoms with Gasteiger partial charge in [-0.1, -0.05) is 30.7 Å². The van der Waals surface area contributed by atoms with Crippen molar-refractivity contribution in [1.29, 1.82) is 0 Å². The van der Waals surface area contributed by atoms with Crippen LogP contribution in [0.2, 0.25) is 5.02 Å². The van der Waals surface area contributed by atoms with Crippen molar-refractivity contribution in [3.05, 3.63) is 63.9 Å². The number of hydrogen-bond donors (Lipinski definition) is 1. The number of aromatic hydroxyl groups is 1. The molecule has 0 amide bonds. The molecule has 0 aliphatic carbocycles. The zero-order valence-corrected chi connectivity index (χ0v) is 16.6. The third-order valence-electron chi connectivity index (χ3n) is 5.36. The van der Waals surface area contributed by atoms with Gasteiger partial charge in [-0.3, -0.25) is 9.69 Å². The molecule has 2 aliphatic heterocycles. The van der Waals surface area contributed by atoms with Gasteiger partial charge in [-0.05, 0) is 42.4 Å². The standard InChI is InChI=1S/C22H23ClN2O3/c1-2-24-8-10-25(11-9-24)14-18-19(26)7-6-17-21(27)20(28-22(17)18)13-15-4-3-5-16(23)12-15/h3-7,12-13,26H,2,8-11,14H2,1H3/b20-13+. The minimum Gasteiger partial charge on any atom is -0.507 e. The van der Waals surface area contributed by atoms with Crippen molar-refractivity contribution in [2.45, 2.75) is 13.5 Å². The fourth-order valence-electron chi connectivity index (χ4n) is 3.68. The van der Waals surface area contributed by atoms with E-state index in [9.17, 15) is 9.90 Å². The number of carbonyl (C=O) groups excluding carboxylic acids is 1. The molecule has 2 aromatic carbocycles. The first-order chi connectivity index (χ1) is 13.5. The summed E-state index contributed by atoms with van der Waals surface area (Å²) in [4.78, 5) is 17.5. The first-order valence-electron chi connectivity index (χ1n) is 9.54. The summed E-state index contributed by atoms with van der Waals surface area (Å²) < 4.78 is 5.93. The Morgan fingerprint density at radius 1 is 1.14 bits per heavy atom. The number of benzene rings is 2. The highest BCUT2D eigenvalue weighted by atomic mass is 35.5. The molecule has 0 saturated carbocycles. The third kappa shape index (κ3) is 3.78. The third-order valence-corrected chi connectivity index (χ3v) is 5.59. The summed E-state index contributed by atoms with van der Waals surface area (Å²) in [5.74, 6) is 0.705. The van der Waals surface area contributed by atoms with Crippen molar-refractivity contribution < 1.29 is 14.6 Å². The van der Waals surface area contributed by atoms with E-state index >= 15 is 0 Å². The molecule has 0 aromatic heterocycles. The Balaban J connectivity index is 1.59. The molecular weight excluding hydrogens is 376 g/mol. The highest BCUT2D eigenvalue weighted by Gasteiger charge is 2.32. The van der Waals surface area contributed by atoms with Gasteiger partial charge in [0.2, 0.25) is 5.78 Å². The topological polar surface area (TPSA) is 53.0 Å². The molecule has 0 unspecified atom stereocenters. The maximum Gasteiger partial charge on any atom is 0.231 e. The molecule has 6 heteroatoms. The Morgan fingerprint density at radius 2 is 1.89 bits per heavy atom. The van der Waals surface area contributed by atoms with E-state index in [1.807, 2.05) is 12.1 Å². The fourth-order valence-corrected chi connectivity index (χ4v) is 3.88. The van der Waals surface area contributed by atoms with E-state index in [0.29, 0.717) is 28.4 Å². The van der Waals surface area contributed by atoms with Crippen molar-refractivity contribution in [1.82, 2.24) is 9.80 Å². The monoisotopic (exact) mass is 398 g/mol. The van der Waals surface area contributed by atoms with E-state index in [-0.39, 0.29) is 17.3 Å². The van der Waals surface area contributed by atoms with E-state index in [0.717, 1.165) is 38.3 Å². The second-order valence-electron chi connectivity index (χ2n) is 7.15. The number of ketones is 1. The van der Waals surface area contributed by atoms with Crippen molar-refractivity contribution in [2.24, 2.45) is 0 Å². The summed E-state index contributed by atoms with van der Waals surface area (Å²) in [6.07, 6.45) is 1.69. The minimum atomic E-state index is -0.174. The lowest BCUT2D eigenvalue weighted by Gasteiger charge is -2.34. The summed E-state index contributed by atoms with van der Waals surface area (Å²) in [6.45, 7) is 7.64. The van der Waals surface area contributed by atoms with Crippen molar-refractivity contribution in [2.75, 3.05) is 32.7 Å². The maximum absolute atomic E-state index is 12.8. The van der Waals surface area contributed by atoms with E-state index in [2.05, 4.69) is 16.7 Å². The van der Waals surface area contributed by atoms with Gasteiger partial charge in [0.15, 0.2) is 5.76 Å². The van der Waals surface area contributed by atoms with Crippen molar-refractivity contribution in [3.63, 3.8) is 0 Å². The van der Waals surface area contributed by atoms with Crippen LogP contribution < -0.4 is 4.74 Å². The van der Waals surface area contributed by atoms with Crippen LogP contribution in [0.4, 0.5) is 0 Å². The van der Waals surface area contributed by atoms with Gasteiger partial charge in [-0.15, -0.1) is 0 Å². The van der Waals surface area contributed by atoms with Crippen molar-refractivity contribution in [3.8, 4) is 11.5 Å². The number of phenolic OH excluding ortho intramolecular Hbond substituents is 1. The average Bonchev–Trinajstić information content (AvgIpc) is 3.00. The van der Waals surface area contributed by atoms with Gasteiger partial charge in [0, 0.05) is 37.7 Å². The van der Waals surface area contributed by atoms with Crippen LogP contribution in [0.1, 0.15) is 28.4 Å². The lowest BCUT2D eigenvalue weighted by Crippen LogP contribution is -2.45. The van der Waals surface area contributed by atoms with Gasteiger partial charge < -0.3 is 14.7 Å². The molecule has 28 heavy (non-hydrogen) atoms. The normalized spacial score (nSPS) is 19.1. The number of halogens is 1. The summed E-state index contributed by atoms with van der Waals surface area (Å²) in [7, 11) is 0. The number of ether oxygens (including phenoxy) is 1. The lowest BCUT2D eigenvalue weighted by atomic mass is 10.0. The second-order valence-corrected chi connectivity index (χ2v) is 7.58. The highest BCUT2D eigenvalue weighted by molar-refractivity contribution is 6.30. The molecule has 4 rings (SSSR count). The molecule has 1 N–H and O–H groups in total. The Kier molecular flexibility index (Phi) is 5.40. The van der Waals surface area contributed by atoms with Gasteiger partial charge in [-0.2, -0.15) is 0 Å². The number of phenols is 1. The zero-order chi connectivity index (χ0) is 19.7. The van der Waals surface area contributed by atoms with Crippen LogP contribution in [0.5, 0.6) is 11.5 Å². The van der Waals surface area contributed by atoms with Crippen LogP contribution in [0.3, 0.4) is 0 Å². The minimum absolute atomic E-state index is 0.161. The predicted octanol–water partition coefficient (Wildman–Crippen LogP) is 3.80. The quantitative estimate of drug-likeness (QED) is 0.794. The highest BCUT2D eigenvalue weighted by Crippen LogP contribution is 2.40. The van der Waals surface area contributed by atoms with Gasteiger partial charge in [-0.25, -0.2) is 0 Å². The van der Waals surface area contributed by atoms with Gasteiger partial charge >= 0.3 is 0 Å². The van der Waals surface area contributed by atoms with E-state index in [4.69, 9.17) is 16.3 Å². The lowest BCUT2D eigenvalue weighted by molar-refractivity contribution is 0.101. The Morgan fingerprint density at radius 3 is 2.61 bits per heavy atom. The SMILES string of the molecule is CCN1CCN(Cc2c(O)ccc3c2O/C(=C/c2cccc(Cl)c2)C3=O)CC1. The Bertz CT molecular complexity index is 933. The van der Waals surface area contributed by atoms with Crippen molar-refractivity contribution >= 4 is 23.5 Å². The second kappa shape index (κ2) is 7.95. The number of nitrogens with zero attached hydrogens (tertiary/aromatic N) is 2. The van der Waals surface area contributed by atoms with Crippen LogP contribution in [0.15, 0.2) is 42.2 Å². The number of likely N-dealkylation sites (N-methyl/N-ethyl adjacent to an activating group) is 1. The molecule has 1 fully saturated rings. The molecule has 0 bridgehead atoms. The number of rotatable bonds is 4. The largest absolute Gasteiger partial charge is 0.507 e. The summed E-state index contributed by atoms with van der Waals surface area (Å²) in [6, 6.07) is 10.5. The number of Topliss-reactive ketones (excluding diaryl/α,β-unsaturated/α-hetero) is 1. The first kappa shape index (κ1) is 19.0. The molecule has 2 heterocycles. The number of fused-ring (bicyclic) bond motifs is 1. The number of piperazine rings is 1. The molecule has 2 aliphatic rings. The molecule has 146 valence electrons. The molecule has 2 aromatic rings. The molecule has 0 spiro atoms. The van der Waals surface area contributed by atoms with Crippen LogP contribution in [0.25, 0.3) is 6.08 Å². The molecule has 5 nitrogen and oxygen atoms in total. The van der Waals surface area contributed by atoms with Crippen LogP contribution >= 0.6 is 11.6 Å². The van der Waals surface area contributed by atoms with Crippen LogP contribution in [-0.2, 0) is 6.54 Å². The average molecular weight is 399 g/mol. The number of carbonyl (C=O) groups is 1.